The van der Waals surface area contributed by atoms with Crippen molar-refractivity contribution in [3.05, 3.63) is 116 Å². The summed E-state index contributed by atoms with van der Waals surface area (Å²) in [6.45, 7) is 4.61. The highest BCUT2D eigenvalue weighted by molar-refractivity contribution is 6.30. The summed E-state index contributed by atoms with van der Waals surface area (Å²) < 4.78 is 30.1. The number of hydrogen-bond acceptors (Lipinski definition) is 14. The topological polar surface area (TPSA) is 233 Å². The zero-order chi connectivity index (χ0) is 43.5. The Morgan fingerprint density at radius 2 is 1.77 bits per heavy atom. The third kappa shape index (κ3) is 7.45. The number of carbonyl (C=O) groups excluding carboxylic acids is 4. The van der Waals surface area contributed by atoms with Gasteiger partial charge < -0.3 is 49.1 Å². The van der Waals surface area contributed by atoms with Crippen LogP contribution in [-0.2, 0) is 32.0 Å². The first-order chi connectivity index (χ1) is 29.1. The molecule has 16 nitrogen and oxygen atoms in total. The van der Waals surface area contributed by atoms with Gasteiger partial charge in [-0.1, -0.05) is 31.2 Å². The summed E-state index contributed by atoms with van der Waals surface area (Å²) in [7, 11) is 1.36. The van der Waals surface area contributed by atoms with E-state index in [0.717, 1.165) is 5.56 Å². The van der Waals surface area contributed by atoms with Crippen molar-refractivity contribution in [2.45, 2.75) is 89.2 Å². The molecule has 0 bridgehead atoms. The highest BCUT2D eigenvalue weighted by atomic mass is 16.7. The summed E-state index contributed by atoms with van der Waals surface area (Å²) in [5, 5.41) is 48.1. The van der Waals surface area contributed by atoms with Crippen molar-refractivity contribution in [2.24, 2.45) is 0 Å². The number of amides is 1. The van der Waals surface area contributed by atoms with E-state index < -0.39 is 77.6 Å². The molecule has 3 aliphatic rings. The molecular formula is C45H44N2O14. The van der Waals surface area contributed by atoms with Gasteiger partial charge in [-0.25, -0.2) is 4.79 Å². The van der Waals surface area contributed by atoms with E-state index in [1.165, 1.54) is 42.0 Å². The molecule has 1 aliphatic heterocycles. The van der Waals surface area contributed by atoms with E-state index in [4.69, 9.17) is 23.4 Å². The highest BCUT2D eigenvalue weighted by Gasteiger charge is 2.48. The maximum Gasteiger partial charge on any atom is 0.420 e. The molecule has 5 aromatic rings. The minimum Gasteiger partial charge on any atom is -0.507 e. The molecule has 4 aromatic carbocycles. The van der Waals surface area contributed by atoms with Crippen LogP contribution in [0.25, 0.3) is 11.1 Å². The summed E-state index contributed by atoms with van der Waals surface area (Å²) >= 11 is 0. The molecular weight excluding hydrogens is 792 g/mol. The number of nitrogens with one attached hydrogen (secondary N) is 1. The molecule has 1 saturated heterocycles. The number of carbonyl (C=O) groups is 4. The number of methoxy groups -OCH3 is 1. The number of aryl methyl sites for hydroxylation is 1. The maximum atomic E-state index is 14.0. The van der Waals surface area contributed by atoms with Crippen molar-refractivity contribution >= 4 is 34.4 Å². The number of ketones is 3. The first kappa shape index (κ1) is 41.4. The van der Waals surface area contributed by atoms with Crippen LogP contribution in [0.3, 0.4) is 0 Å². The number of hydrogen-bond donors (Lipinski definition) is 5. The van der Waals surface area contributed by atoms with Crippen LogP contribution >= 0.6 is 0 Å². The zero-order valence-electron chi connectivity index (χ0n) is 33.7. The maximum absolute atomic E-state index is 14.0. The van der Waals surface area contributed by atoms with Crippen molar-refractivity contribution < 1.29 is 63.0 Å². The van der Waals surface area contributed by atoms with Gasteiger partial charge in [-0.15, -0.1) is 0 Å². The minimum atomic E-state index is -1.96. The quantitative estimate of drug-likeness (QED) is 0.125. The Morgan fingerprint density at radius 3 is 2.51 bits per heavy atom. The van der Waals surface area contributed by atoms with E-state index in [0.29, 0.717) is 16.7 Å². The van der Waals surface area contributed by atoms with Crippen molar-refractivity contribution in [2.75, 3.05) is 13.7 Å². The average molecular weight is 837 g/mol. The minimum absolute atomic E-state index is 0.00423. The molecule has 0 radical (unpaired) electrons. The number of aliphatic hydroxyl groups is 2. The Hall–Kier alpha value is -6.33. The Morgan fingerprint density at radius 1 is 0.984 bits per heavy atom. The second kappa shape index (κ2) is 15.9. The first-order valence-electron chi connectivity index (χ1n) is 19.8. The SMILES string of the molecule is CCC(=O)[C@@]1(O)Cc2cc3c(c(O)c2[C@H](O[C@@H]2CC(NC(=O)COc4ccc(Cn5c(=O)oc6ccc(C)cc65)cc4O)[C@@H](O)[C@@H](C)O2)C1)C(=O)c1c(OC)cccc1C3=O. The molecule has 1 amide bonds. The molecule has 318 valence electrons. The monoisotopic (exact) mass is 836 g/mol. The summed E-state index contributed by atoms with van der Waals surface area (Å²) in [4.78, 5) is 66.7. The molecule has 1 aromatic heterocycles. The van der Waals surface area contributed by atoms with Gasteiger partial charge in [0.2, 0.25) is 5.78 Å². The van der Waals surface area contributed by atoms with Gasteiger partial charge in [0, 0.05) is 42.4 Å². The van der Waals surface area contributed by atoms with Crippen LogP contribution in [0.15, 0.2) is 69.9 Å². The lowest BCUT2D eigenvalue weighted by Crippen LogP contribution is -2.56. The number of aliphatic hydroxyl groups excluding tert-OH is 1. The van der Waals surface area contributed by atoms with Crippen LogP contribution in [0.1, 0.15) is 93.3 Å². The summed E-state index contributed by atoms with van der Waals surface area (Å²) in [6, 6.07) is 14.9. The van der Waals surface area contributed by atoms with Crippen LogP contribution in [0.5, 0.6) is 23.0 Å². The van der Waals surface area contributed by atoms with Gasteiger partial charge in [-0.2, -0.15) is 0 Å². The van der Waals surface area contributed by atoms with Gasteiger partial charge in [0.1, 0.15) is 23.2 Å². The fourth-order valence-corrected chi connectivity index (χ4v) is 8.65. The molecule has 16 heteroatoms. The summed E-state index contributed by atoms with van der Waals surface area (Å²) in [6.07, 6.45) is -5.27. The van der Waals surface area contributed by atoms with E-state index in [1.54, 1.807) is 32.0 Å². The van der Waals surface area contributed by atoms with Crippen molar-refractivity contribution in [3.8, 4) is 23.0 Å². The van der Waals surface area contributed by atoms with Gasteiger partial charge in [-0.05, 0) is 66.9 Å². The summed E-state index contributed by atoms with van der Waals surface area (Å²) in [5.41, 5.74) is 0.624. The second-order valence-corrected chi connectivity index (χ2v) is 15.8. The molecule has 61 heavy (non-hydrogen) atoms. The molecule has 2 heterocycles. The second-order valence-electron chi connectivity index (χ2n) is 15.8. The van der Waals surface area contributed by atoms with Gasteiger partial charge in [0.15, 0.2) is 41.5 Å². The molecule has 2 aliphatic carbocycles. The summed E-state index contributed by atoms with van der Waals surface area (Å²) in [5.74, 6) is -3.57. The fraction of sp³-hybridized carbons (Fsp3) is 0.356. The number of benzene rings is 4. The third-order valence-electron chi connectivity index (χ3n) is 11.7. The van der Waals surface area contributed by atoms with Crippen molar-refractivity contribution in [1.29, 1.82) is 0 Å². The fourth-order valence-electron chi connectivity index (χ4n) is 8.65. The zero-order valence-corrected chi connectivity index (χ0v) is 33.7. The Balaban J connectivity index is 0.986. The van der Waals surface area contributed by atoms with Crippen LogP contribution in [-0.4, -0.2) is 92.1 Å². The lowest BCUT2D eigenvalue weighted by atomic mass is 9.72. The number of oxazole rings is 1. The van der Waals surface area contributed by atoms with Crippen LogP contribution in [0, 0.1) is 6.92 Å². The number of phenols is 2. The molecule has 5 N–H and O–H groups in total. The molecule has 0 spiro atoms. The number of phenolic OH excluding ortho intramolecular Hbond substituents is 2. The standard InChI is InChI=1S/C45H44N2O14/c1-5-34(49)45(56)17-24-15-26-39(43(54)38-25(41(26)52)7-6-8-32(38)57-4)42(53)37(24)33(18-45)60-36-16-27(40(51)22(3)59-36)46-35(50)20-58-31-12-10-23(14-29(31)48)19-47-28-13-21(2)9-11-30(28)61-44(47)55/h6-15,22,27,33,36,40,48,51,53,56H,5,16-20H2,1-4H3,(H,46,50)/t22-,27?,33-,36-,40+,45-/m1/s1. The molecule has 0 saturated carbocycles. The van der Waals surface area contributed by atoms with Crippen molar-refractivity contribution in [1.82, 2.24) is 9.88 Å². The average Bonchev–Trinajstić information content (AvgIpc) is 3.53. The number of aromatic nitrogens is 1. The van der Waals surface area contributed by atoms with Crippen molar-refractivity contribution in [3.63, 3.8) is 0 Å². The largest absolute Gasteiger partial charge is 0.507 e. The predicted octanol–water partition coefficient (Wildman–Crippen LogP) is 3.92. The molecule has 6 atom stereocenters. The lowest BCUT2D eigenvalue weighted by molar-refractivity contribution is -0.249. The van der Waals surface area contributed by atoms with Gasteiger partial charge in [-0.3, -0.25) is 23.7 Å². The van der Waals surface area contributed by atoms with Crippen LogP contribution in [0.2, 0.25) is 0 Å². The first-order valence-corrected chi connectivity index (χ1v) is 19.8. The van der Waals surface area contributed by atoms with Gasteiger partial charge in [0.25, 0.3) is 5.91 Å². The van der Waals surface area contributed by atoms with E-state index >= 15 is 0 Å². The van der Waals surface area contributed by atoms with E-state index in [9.17, 15) is 44.4 Å². The number of aromatic hydroxyl groups is 2. The smallest absolute Gasteiger partial charge is 0.420 e. The van der Waals surface area contributed by atoms with Crippen LogP contribution in [0.4, 0.5) is 0 Å². The Bertz CT molecular complexity index is 2680. The van der Waals surface area contributed by atoms with E-state index in [-0.39, 0.29) is 82.9 Å². The molecule has 1 fully saturated rings. The van der Waals surface area contributed by atoms with E-state index in [2.05, 4.69) is 5.32 Å². The van der Waals surface area contributed by atoms with E-state index in [1.807, 2.05) is 19.1 Å². The van der Waals surface area contributed by atoms with Crippen LogP contribution < -0.4 is 20.5 Å². The number of ether oxygens (including phenoxy) is 4. The molecule has 8 rings (SSSR count). The third-order valence-corrected chi connectivity index (χ3v) is 11.7. The Labute approximate surface area is 348 Å². The number of rotatable bonds is 11. The predicted molar refractivity (Wildman–Crippen MR) is 215 cm³/mol. The molecule has 1 unspecified atom stereocenters. The number of nitrogens with zero attached hydrogens (tertiary/aromatic N) is 1. The van der Waals surface area contributed by atoms with Gasteiger partial charge in [0.05, 0.1) is 48.5 Å². The highest BCUT2D eigenvalue weighted by Crippen LogP contribution is 2.49. The lowest BCUT2D eigenvalue weighted by Gasteiger charge is -2.42. The van der Waals surface area contributed by atoms with Gasteiger partial charge >= 0.3 is 5.76 Å². The normalized spacial score (nSPS) is 23.2. The number of fused-ring (bicyclic) bond motifs is 4. The number of Topliss-reactive ketones (excluding diaryl/α,β-unsaturated/α-hetero) is 1. The Kier molecular flexibility index (Phi) is 10.8.